The molecule has 1 rings (SSSR count). The third-order valence-electron chi connectivity index (χ3n) is 2.37. The lowest BCUT2D eigenvalue weighted by Gasteiger charge is -2.07. The smallest absolute Gasteiger partial charge is 0.138 e. The minimum Gasteiger partial charge on any atom is -0.492 e. The quantitative estimate of drug-likeness (QED) is 0.760. The summed E-state index contributed by atoms with van der Waals surface area (Å²) in [6, 6.07) is 7.06. The molecular weight excluding hydrogens is 238 g/mol. The van der Waals surface area contributed by atoms with Crippen LogP contribution >= 0.6 is 11.6 Å². The van der Waals surface area contributed by atoms with Gasteiger partial charge in [0.1, 0.15) is 11.8 Å². The van der Waals surface area contributed by atoms with E-state index < -0.39 is 0 Å². The average Bonchev–Trinajstić information content (AvgIpc) is 2.34. The summed E-state index contributed by atoms with van der Waals surface area (Å²) in [6.07, 6.45) is 3.77. The molecule has 4 heteroatoms. The van der Waals surface area contributed by atoms with Crippen LogP contribution in [0.3, 0.4) is 0 Å². The largest absolute Gasteiger partial charge is 0.492 e. The van der Waals surface area contributed by atoms with E-state index in [2.05, 4.69) is 6.07 Å². The van der Waals surface area contributed by atoms with Crippen LogP contribution in [0.1, 0.15) is 31.2 Å². The van der Waals surface area contributed by atoms with Gasteiger partial charge in [-0.1, -0.05) is 18.0 Å². The maximum atomic E-state index is 8.88. The van der Waals surface area contributed by atoms with Gasteiger partial charge in [-0.25, -0.2) is 0 Å². The van der Waals surface area contributed by atoms with Crippen LogP contribution in [0.25, 0.3) is 0 Å². The van der Waals surface area contributed by atoms with E-state index in [0.717, 1.165) is 25.7 Å². The van der Waals surface area contributed by atoms with Crippen molar-refractivity contribution in [1.29, 1.82) is 5.26 Å². The van der Waals surface area contributed by atoms with Crippen LogP contribution < -0.4 is 4.74 Å². The van der Waals surface area contributed by atoms with Gasteiger partial charge in [-0.2, -0.15) is 5.26 Å². The number of ether oxygens (including phenoxy) is 1. The van der Waals surface area contributed by atoms with Crippen molar-refractivity contribution in [3.05, 3.63) is 28.8 Å². The van der Waals surface area contributed by atoms with Crippen LogP contribution in [0.5, 0.6) is 5.75 Å². The number of aliphatic hydroxyl groups excluding tert-OH is 1. The second-order valence-corrected chi connectivity index (χ2v) is 4.18. The lowest BCUT2D eigenvalue weighted by atomic mass is 10.2. The Balaban J connectivity index is 2.36. The maximum Gasteiger partial charge on any atom is 0.138 e. The molecule has 0 radical (unpaired) electrons. The summed E-state index contributed by atoms with van der Waals surface area (Å²) in [5, 5.41) is 18.1. The number of hydrogen-bond donors (Lipinski definition) is 1. The number of hydrogen-bond acceptors (Lipinski definition) is 3. The van der Waals surface area contributed by atoms with Crippen LogP contribution in [0.4, 0.5) is 0 Å². The van der Waals surface area contributed by atoms with E-state index in [1.54, 1.807) is 18.2 Å². The molecule has 92 valence electrons. The Morgan fingerprint density at radius 3 is 2.71 bits per heavy atom. The number of rotatable bonds is 7. The average molecular weight is 254 g/mol. The van der Waals surface area contributed by atoms with Crippen LogP contribution in [0.15, 0.2) is 18.2 Å². The van der Waals surface area contributed by atoms with Gasteiger partial charge < -0.3 is 9.84 Å². The monoisotopic (exact) mass is 253 g/mol. The Morgan fingerprint density at radius 1 is 1.24 bits per heavy atom. The Bertz CT molecular complexity index is 387. The predicted molar refractivity (Wildman–Crippen MR) is 67.2 cm³/mol. The molecule has 3 nitrogen and oxygen atoms in total. The standard InChI is InChI=1S/C13H16ClNO2/c14-12-6-5-11(10-15)13(9-12)17-8-4-2-1-3-7-16/h5-6,9,16H,1-4,7-8H2. The lowest BCUT2D eigenvalue weighted by Crippen LogP contribution is -1.99. The number of halogens is 1. The highest BCUT2D eigenvalue weighted by Gasteiger charge is 2.03. The zero-order valence-corrected chi connectivity index (χ0v) is 10.4. The van der Waals surface area contributed by atoms with Crippen molar-refractivity contribution in [2.45, 2.75) is 25.7 Å². The second-order valence-electron chi connectivity index (χ2n) is 3.74. The van der Waals surface area contributed by atoms with Crippen molar-refractivity contribution in [2.24, 2.45) is 0 Å². The number of unbranched alkanes of at least 4 members (excludes halogenated alkanes) is 3. The van der Waals surface area contributed by atoms with Crippen molar-refractivity contribution in [3.63, 3.8) is 0 Å². The Kier molecular flexibility index (Phi) is 6.46. The molecule has 0 aliphatic rings. The van der Waals surface area contributed by atoms with E-state index in [-0.39, 0.29) is 6.61 Å². The van der Waals surface area contributed by atoms with Gasteiger partial charge in [-0.15, -0.1) is 0 Å². The first-order valence-electron chi connectivity index (χ1n) is 5.71. The van der Waals surface area contributed by atoms with Crippen molar-refractivity contribution in [3.8, 4) is 11.8 Å². The molecule has 0 heterocycles. The first-order valence-corrected chi connectivity index (χ1v) is 6.09. The van der Waals surface area contributed by atoms with Crippen molar-refractivity contribution in [2.75, 3.05) is 13.2 Å². The maximum absolute atomic E-state index is 8.88. The molecule has 0 saturated heterocycles. The molecule has 0 aliphatic heterocycles. The Hall–Kier alpha value is -1.24. The molecule has 0 saturated carbocycles. The van der Waals surface area contributed by atoms with Crippen LogP contribution in [0.2, 0.25) is 5.02 Å². The van der Waals surface area contributed by atoms with Crippen molar-refractivity contribution < 1.29 is 9.84 Å². The summed E-state index contributed by atoms with van der Waals surface area (Å²) in [5.74, 6) is 0.544. The molecule has 0 spiro atoms. The SMILES string of the molecule is N#Cc1ccc(Cl)cc1OCCCCCCO. The number of nitriles is 1. The van der Waals surface area contributed by atoms with Crippen LogP contribution in [-0.2, 0) is 0 Å². The van der Waals surface area contributed by atoms with Gasteiger partial charge in [-0.05, 0) is 31.4 Å². The molecule has 0 bridgehead atoms. The van der Waals surface area contributed by atoms with Gasteiger partial charge in [0.05, 0.1) is 12.2 Å². The van der Waals surface area contributed by atoms with E-state index >= 15 is 0 Å². The molecule has 0 unspecified atom stereocenters. The molecule has 1 aromatic rings. The third kappa shape index (κ3) is 5.08. The van der Waals surface area contributed by atoms with E-state index in [0.29, 0.717) is 22.9 Å². The molecule has 0 atom stereocenters. The van der Waals surface area contributed by atoms with Gasteiger partial charge in [0.25, 0.3) is 0 Å². The molecule has 0 aromatic heterocycles. The number of benzene rings is 1. The highest BCUT2D eigenvalue weighted by atomic mass is 35.5. The number of aliphatic hydroxyl groups is 1. The second kappa shape index (κ2) is 7.94. The topological polar surface area (TPSA) is 53.2 Å². The minimum atomic E-state index is 0.244. The molecular formula is C13H16ClNO2. The van der Waals surface area contributed by atoms with Gasteiger partial charge in [0.2, 0.25) is 0 Å². The first-order chi connectivity index (χ1) is 8.27. The summed E-state index contributed by atoms with van der Waals surface area (Å²) < 4.78 is 5.52. The molecule has 0 fully saturated rings. The molecule has 17 heavy (non-hydrogen) atoms. The summed E-state index contributed by atoms with van der Waals surface area (Å²) >= 11 is 5.84. The van der Waals surface area contributed by atoms with Gasteiger partial charge in [0, 0.05) is 17.7 Å². The lowest BCUT2D eigenvalue weighted by molar-refractivity contribution is 0.273. The summed E-state index contributed by atoms with van der Waals surface area (Å²) in [6.45, 7) is 0.814. The molecule has 1 aromatic carbocycles. The highest BCUT2D eigenvalue weighted by molar-refractivity contribution is 6.30. The van der Waals surface area contributed by atoms with Crippen molar-refractivity contribution >= 4 is 11.6 Å². The van der Waals surface area contributed by atoms with Gasteiger partial charge >= 0.3 is 0 Å². The Morgan fingerprint density at radius 2 is 2.00 bits per heavy atom. The highest BCUT2D eigenvalue weighted by Crippen LogP contribution is 2.22. The summed E-state index contributed by atoms with van der Waals surface area (Å²) in [5.41, 5.74) is 0.504. The fourth-order valence-corrected chi connectivity index (χ4v) is 1.62. The summed E-state index contributed by atoms with van der Waals surface area (Å²) in [4.78, 5) is 0. The van der Waals surface area contributed by atoms with Crippen LogP contribution in [0, 0.1) is 11.3 Å². The summed E-state index contributed by atoms with van der Waals surface area (Å²) in [7, 11) is 0. The van der Waals surface area contributed by atoms with E-state index in [1.807, 2.05) is 0 Å². The van der Waals surface area contributed by atoms with Crippen molar-refractivity contribution in [1.82, 2.24) is 0 Å². The van der Waals surface area contributed by atoms with E-state index in [1.165, 1.54) is 0 Å². The van der Waals surface area contributed by atoms with Gasteiger partial charge in [-0.3, -0.25) is 0 Å². The minimum absolute atomic E-state index is 0.244. The molecule has 0 aliphatic carbocycles. The number of nitrogens with zero attached hydrogens (tertiary/aromatic N) is 1. The zero-order chi connectivity index (χ0) is 12.5. The Labute approximate surface area is 107 Å². The third-order valence-corrected chi connectivity index (χ3v) is 2.61. The van der Waals surface area contributed by atoms with Crippen LogP contribution in [-0.4, -0.2) is 18.3 Å². The molecule has 0 amide bonds. The van der Waals surface area contributed by atoms with Gasteiger partial charge in [0.15, 0.2) is 0 Å². The predicted octanol–water partition coefficient (Wildman–Crippen LogP) is 3.14. The fraction of sp³-hybridized carbons (Fsp3) is 0.462. The zero-order valence-electron chi connectivity index (χ0n) is 9.66. The first kappa shape index (κ1) is 13.8. The fourth-order valence-electron chi connectivity index (χ4n) is 1.46. The normalized spacial score (nSPS) is 9.94. The van der Waals surface area contributed by atoms with E-state index in [9.17, 15) is 0 Å². The van der Waals surface area contributed by atoms with E-state index in [4.69, 9.17) is 26.7 Å². The molecule has 1 N–H and O–H groups in total.